The molecule has 2 aromatic carbocycles. The molecule has 0 bridgehead atoms. The highest BCUT2D eigenvalue weighted by Gasteiger charge is 2.28. The molecule has 3 heteroatoms. The Hall–Kier alpha value is -1.51. The predicted molar refractivity (Wildman–Crippen MR) is 82.3 cm³/mol. The molecule has 0 spiro atoms. The molecule has 1 aliphatic rings. The van der Waals surface area contributed by atoms with Crippen molar-refractivity contribution in [3.63, 3.8) is 0 Å². The van der Waals surface area contributed by atoms with Crippen molar-refractivity contribution in [3.8, 4) is 5.75 Å². The first-order valence-corrected chi connectivity index (χ1v) is 7.22. The highest BCUT2D eigenvalue weighted by atomic mass is 35.5. The monoisotopic (exact) mass is 287 g/mol. The molecule has 104 valence electrons. The largest absolute Gasteiger partial charge is 0.497 e. The molecule has 0 fully saturated rings. The van der Waals surface area contributed by atoms with Gasteiger partial charge < -0.3 is 10.5 Å². The quantitative estimate of drug-likeness (QED) is 0.933. The predicted octanol–water partition coefficient (Wildman–Crippen LogP) is 3.76. The van der Waals surface area contributed by atoms with Crippen molar-refractivity contribution in [1.29, 1.82) is 0 Å². The summed E-state index contributed by atoms with van der Waals surface area (Å²) in [4.78, 5) is 0. The van der Waals surface area contributed by atoms with Crippen molar-refractivity contribution in [3.05, 3.63) is 64.2 Å². The Labute approximate surface area is 124 Å². The number of ether oxygens (including phenoxy) is 1. The Morgan fingerprint density at radius 3 is 2.35 bits per heavy atom. The average molecular weight is 288 g/mol. The van der Waals surface area contributed by atoms with Crippen molar-refractivity contribution in [2.75, 3.05) is 7.11 Å². The molecule has 0 radical (unpaired) electrons. The Kier molecular flexibility index (Phi) is 3.68. The minimum absolute atomic E-state index is 0.0409. The summed E-state index contributed by atoms with van der Waals surface area (Å²) >= 11 is 6.33. The molecule has 20 heavy (non-hydrogen) atoms. The number of methoxy groups -OCH3 is 1. The third kappa shape index (κ3) is 2.41. The van der Waals surface area contributed by atoms with Crippen LogP contribution in [0.5, 0.6) is 5.75 Å². The number of fused-ring (bicyclic) bond motifs is 1. The number of halogens is 1. The number of nitrogens with two attached hydrogens (primary N) is 1. The lowest BCUT2D eigenvalue weighted by molar-refractivity contribution is 0.413. The van der Waals surface area contributed by atoms with Gasteiger partial charge in [-0.15, -0.1) is 0 Å². The van der Waals surface area contributed by atoms with Crippen LogP contribution in [-0.2, 0) is 12.8 Å². The molecule has 2 aromatic rings. The van der Waals surface area contributed by atoms with Crippen LogP contribution < -0.4 is 10.5 Å². The summed E-state index contributed by atoms with van der Waals surface area (Å²) < 4.78 is 5.18. The Bertz CT molecular complexity index is 601. The number of benzene rings is 2. The normalized spacial score (nSPS) is 15.9. The van der Waals surface area contributed by atoms with Crippen molar-refractivity contribution in [2.45, 2.75) is 18.9 Å². The van der Waals surface area contributed by atoms with E-state index >= 15 is 0 Å². The van der Waals surface area contributed by atoms with Crippen LogP contribution in [0.1, 0.15) is 22.7 Å². The Morgan fingerprint density at radius 2 is 1.80 bits per heavy atom. The smallest absolute Gasteiger partial charge is 0.120 e. The van der Waals surface area contributed by atoms with E-state index in [9.17, 15) is 0 Å². The van der Waals surface area contributed by atoms with E-state index in [1.54, 1.807) is 7.11 Å². The van der Waals surface area contributed by atoms with Crippen LogP contribution in [-0.4, -0.2) is 7.11 Å². The van der Waals surface area contributed by atoms with Crippen LogP contribution in [0.2, 0.25) is 5.02 Å². The van der Waals surface area contributed by atoms with Crippen LogP contribution in [0.15, 0.2) is 42.5 Å². The van der Waals surface area contributed by atoms with E-state index in [2.05, 4.69) is 24.3 Å². The standard InChI is InChI=1S/C17H18ClNO/c1-20-14-6-7-15(16(18)10-14)17(19)13-8-11-4-2-3-5-12(11)9-13/h2-7,10,13,17H,8-9,19H2,1H3. The Morgan fingerprint density at radius 1 is 1.15 bits per heavy atom. The summed E-state index contributed by atoms with van der Waals surface area (Å²) in [6, 6.07) is 14.3. The van der Waals surface area contributed by atoms with Gasteiger partial charge in [0.15, 0.2) is 0 Å². The summed E-state index contributed by atoms with van der Waals surface area (Å²) in [5.41, 5.74) is 10.3. The lowest BCUT2D eigenvalue weighted by Gasteiger charge is -2.20. The van der Waals surface area contributed by atoms with Crippen LogP contribution >= 0.6 is 11.6 Å². The van der Waals surface area contributed by atoms with E-state index in [1.807, 2.05) is 18.2 Å². The van der Waals surface area contributed by atoms with Crippen LogP contribution in [0, 0.1) is 5.92 Å². The molecule has 0 saturated carbocycles. The highest BCUT2D eigenvalue weighted by molar-refractivity contribution is 6.31. The zero-order valence-corrected chi connectivity index (χ0v) is 12.2. The minimum atomic E-state index is -0.0409. The van der Waals surface area contributed by atoms with Crippen LogP contribution in [0.3, 0.4) is 0 Å². The van der Waals surface area contributed by atoms with Gasteiger partial charge in [-0.1, -0.05) is 41.9 Å². The Balaban J connectivity index is 1.82. The molecule has 0 amide bonds. The van der Waals surface area contributed by atoms with Gasteiger partial charge >= 0.3 is 0 Å². The summed E-state index contributed by atoms with van der Waals surface area (Å²) in [5, 5.41) is 0.688. The number of rotatable bonds is 3. The average Bonchev–Trinajstić information content (AvgIpc) is 2.90. The van der Waals surface area contributed by atoms with E-state index in [0.717, 1.165) is 24.2 Å². The molecule has 0 heterocycles. The fourth-order valence-electron chi connectivity index (χ4n) is 3.01. The first-order chi connectivity index (χ1) is 9.69. The van der Waals surface area contributed by atoms with Gasteiger partial charge in [-0.3, -0.25) is 0 Å². The lowest BCUT2D eigenvalue weighted by atomic mass is 9.91. The zero-order chi connectivity index (χ0) is 14.1. The van der Waals surface area contributed by atoms with Gasteiger partial charge in [-0.2, -0.15) is 0 Å². The summed E-state index contributed by atoms with van der Waals surface area (Å²) in [6.07, 6.45) is 2.05. The first kappa shape index (κ1) is 13.5. The topological polar surface area (TPSA) is 35.2 Å². The third-order valence-electron chi connectivity index (χ3n) is 4.16. The maximum absolute atomic E-state index is 6.45. The minimum Gasteiger partial charge on any atom is -0.497 e. The third-order valence-corrected chi connectivity index (χ3v) is 4.48. The van der Waals surface area contributed by atoms with E-state index < -0.39 is 0 Å². The molecular weight excluding hydrogens is 270 g/mol. The van der Waals surface area contributed by atoms with Gasteiger partial charge in [0.2, 0.25) is 0 Å². The second-order valence-electron chi connectivity index (χ2n) is 5.35. The van der Waals surface area contributed by atoms with Gasteiger partial charge in [-0.05, 0) is 47.6 Å². The van der Waals surface area contributed by atoms with Crippen LogP contribution in [0.4, 0.5) is 0 Å². The molecular formula is C17H18ClNO. The molecule has 0 saturated heterocycles. The van der Waals surface area contributed by atoms with E-state index in [4.69, 9.17) is 22.1 Å². The molecule has 0 aliphatic heterocycles. The molecule has 1 aliphatic carbocycles. The fraction of sp³-hybridized carbons (Fsp3) is 0.294. The van der Waals surface area contributed by atoms with Gasteiger partial charge in [-0.25, -0.2) is 0 Å². The molecule has 2 nitrogen and oxygen atoms in total. The highest BCUT2D eigenvalue weighted by Crippen LogP contribution is 2.37. The van der Waals surface area contributed by atoms with Crippen molar-refractivity contribution >= 4 is 11.6 Å². The number of hydrogen-bond donors (Lipinski definition) is 1. The first-order valence-electron chi connectivity index (χ1n) is 6.85. The summed E-state index contributed by atoms with van der Waals surface area (Å²) in [6.45, 7) is 0. The van der Waals surface area contributed by atoms with Crippen LogP contribution in [0.25, 0.3) is 0 Å². The maximum Gasteiger partial charge on any atom is 0.120 e. The molecule has 0 aromatic heterocycles. The van der Waals surface area contributed by atoms with E-state index in [-0.39, 0.29) is 6.04 Å². The maximum atomic E-state index is 6.45. The van der Waals surface area contributed by atoms with Gasteiger partial charge in [0.25, 0.3) is 0 Å². The van der Waals surface area contributed by atoms with Gasteiger partial charge in [0.05, 0.1) is 7.11 Å². The van der Waals surface area contributed by atoms with E-state index in [1.165, 1.54) is 11.1 Å². The van der Waals surface area contributed by atoms with Crippen molar-refractivity contribution < 1.29 is 4.74 Å². The number of hydrogen-bond acceptors (Lipinski definition) is 2. The second-order valence-corrected chi connectivity index (χ2v) is 5.76. The molecule has 2 N–H and O–H groups in total. The summed E-state index contributed by atoms with van der Waals surface area (Å²) in [7, 11) is 1.64. The van der Waals surface area contributed by atoms with Crippen molar-refractivity contribution in [1.82, 2.24) is 0 Å². The zero-order valence-electron chi connectivity index (χ0n) is 11.5. The van der Waals surface area contributed by atoms with E-state index in [0.29, 0.717) is 10.9 Å². The summed E-state index contributed by atoms with van der Waals surface area (Å²) in [5.74, 6) is 1.18. The van der Waals surface area contributed by atoms with Gasteiger partial charge in [0, 0.05) is 11.1 Å². The molecule has 3 rings (SSSR count). The van der Waals surface area contributed by atoms with Gasteiger partial charge in [0.1, 0.15) is 5.75 Å². The molecule has 1 unspecified atom stereocenters. The van der Waals surface area contributed by atoms with Crippen molar-refractivity contribution in [2.24, 2.45) is 11.7 Å². The second kappa shape index (κ2) is 5.47. The molecule has 1 atom stereocenters. The fourth-order valence-corrected chi connectivity index (χ4v) is 3.30. The SMILES string of the molecule is COc1ccc(C(N)C2Cc3ccccc3C2)c(Cl)c1. The lowest BCUT2D eigenvalue weighted by Crippen LogP contribution is -2.22.